The van der Waals surface area contributed by atoms with Crippen LogP contribution >= 0.6 is 0 Å². The van der Waals surface area contributed by atoms with E-state index in [1.165, 1.54) is 6.08 Å². The SMILES string of the molecule is C=CC(=O)N1CCCC(n2cnc3c(N)nc(Nc4ccc(N5CCOCC5)cc4)nc32)C1. The van der Waals surface area contributed by atoms with Crippen LogP contribution in [-0.4, -0.2) is 69.7 Å². The molecule has 2 aliphatic heterocycles. The molecule has 1 atom stereocenters. The highest BCUT2D eigenvalue weighted by Crippen LogP contribution is 2.28. The first-order valence-corrected chi connectivity index (χ1v) is 11.2. The number of hydrogen-bond donors (Lipinski definition) is 2. The molecule has 0 saturated carbocycles. The van der Waals surface area contributed by atoms with Crippen molar-refractivity contribution in [2.24, 2.45) is 0 Å². The number of hydrogen-bond acceptors (Lipinski definition) is 8. The molecule has 0 radical (unpaired) electrons. The lowest BCUT2D eigenvalue weighted by atomic mass is 10.1. The molecule has 4 heterocycles. The number of nitrogens with two attached hydrogens (primary N) is 1. The average Bonchev–Trinajstić information content (AvgIpc) is 3.29. The van der Waals surface area contributed by atoms with E-state index in [1.54, 1.807) is 6.33 Å². The summed E-state index contributed by atoms with van der Waals surface area (Å²) in [7, 11) is 0. The molecule has 0 aliphatic carbocycles. The van der Waals surface area contributed by atoms with Gasteiger partial charge in [0.05, 0.1) is 25.6 Å². The third-order valence-electron chi connectivity index (χ3n) is 6.22. The van der Waals surface area contributed by atoms with E-state index >= 15 is 0 Å². The molecule has 172 valence electrons. The monoisotopic (exact) mass is 448 g/mol. The molecule has 1 aromatic carbocycles. The average molecular weight is 449 g/mol. The normalized spacial score (nSPS) is 19.0. The Morgan fingerprint density at radius 2 is 1.97 bits per heavy atom. The maximum absolute atomic E-state index is 12.1. The van der Waals surface area contributed by atoms with Gasteiger partial charge in [-0.25, -0.2) is 4.98 Å². The zero-order chi connectivity index (χ0) is 22.8. The van der Waals surface area contributed by atoms with Crippen molar-refractivity contribution < 1.29 is 9.53 Å². The van der Waals surface area contributed by atoms with E-state index in [-0.39, 0.29) is 11.9 Å². The van der Waals surface area contributed by atoms with Crippen LogP contribution in [0.3, 0.4) is 0 Å². The third kappa shape index (κ3) is 4.34. The number of benzene rings is 1. The van der Waals surface area contributed by atoms with Crippen molar-refractivity contribution in [3.8, 4) is 0 Å². The number of nitrogens with one attached hydrogen (secondary N) is 1. The number of nitrogen functional groups attached to an aromatic ring is 1. The molecular weight excluding hydrogens is 420 g/mol. The topological polar surface area (TPSA) is 114 Å². The van der Waals surface area contributed by atoms with Crippen molar-refractivity contribution in [1.29, 1.82) is 0 Å². The van der Waals surface area contributed by atoms with E-state index in [9.17, 15) is 4.79 Å². The number of piperidine rings is 1. The van der Waals surface area contributed by atoms with Gasteiger partial charge in [-0.1, -0.05) is 6.58 Å². The van der Waals surface area contributed by atoms with E-state index in [4.69, 9.17) is 15.5 Å². The quantitative estimate of drug-likeness (QED) is 0.572. The van der Waals surface area contributed by atoms with Gasteiger partial charge in [-0.2, -0.15) is 9.97 Å². The lowest BCUT2D eigenvalue weighted by Crippen LogP contribution is -2.39. The highest BCUT2D eigenvalue weighted by molar-refractivity contribution is 5.87. The van der Waals surface area contributed by atoms with Crippen LogP contribution in [0.25, 0.3) is 11.2 Å². The fraction of sp³-hybridized carbons (Fsp3) is 0.391. The highest BCUT2D eigenvalue weighted by atomic mass is 16.5. The predicted molar refractivity (Wildman–Crippen MR) is 128 cm³/mol. The van der Waals surface area contributed by atoms with E-state index in [2.05, 4.69) is 38.9 Å². The minimum absolute atomic E-state index is 0.0545. The molecule has 2 aromatic heterocycles. The highest BCUT2D eigenvalue weighted by Gasteiger charge is 2.26. The minimum atomic E-state index is -0.0545. The second-order valence-corrected chi connectivity index (χ2v) is 8.31. The number of amides is 1. The number of fused-ring (bicyclic) bond motifs is 1. The predicted octanol–water partition coefficient (Wildman–Crippen LogP) is 2.34. The molecule has 2 saturated heterocycles. The van der Waals surface area contributed by atoms with E-state index in [0.29, 0.717) is 29.5 Å². The Balaban J connectivity index is 1.37. The zero-order valence-electron chi connectivity index (χ0n) is 18.5. The first kappa shape index (κ1) is 21.2. The summed E-state index contributed by atoms with van der Waals surface area (Å²) in [5, 5.41) is 3.26. The Hall–Kier alpha value is -3.66. The first-order valence-electron chi connectivity index (χ1n) is 11.2. The summed E-state index contributed by atoms with van der Waals surface area (Å²) >= 11 is 0. The maximum atomic E-state index is 12.1. The number of aromatic nitrogens is 4. The Kier molecular flexibility index (Phi) is 5.82. The summed E-state index contributed by atoms with van der Waals surface area (Å²) in [6.45, 7) is 8.22. The molecule has 3 N–H and O–H groups in total. The smallest absolute Gasteiger partial charge is 0.246 e. The molecule has 3 aromatic rings. The maximum Gasteiger partial charge on any atom is 0.246 e. The van der Waals surface area contributed by atoms with Crippen LogP contribution < -0.4 is 16.0 Å². The van der Waals surface area contributed by atoms with Gasteiger partial charge in [0.1, 0.15) is 5.52 Å². The summed E-state index contributed by atoms with van der Waals surface area (Å²) in [6.07, 6.45) is 4.94. The zero-order valence-corrected chi connectivity index (χ0v) is 18.5. The second kappa shape index (κ2) is 9.07. The molecule has 0 bridgehead atoms. The molecule has 1 unspecified atom stereocenters. The van der Waals surface area contributed by atoms with Crippen molar-refractivity contribution in [2.45, 2.75) is 18.9 Å². The lowest BCUT2D eigenvalue weighted by molar-refractivity contribution is -0.127. The summed E-state index contributed by atoms with van der Waals surface area (Å²) in [5.41, 5.74) is 9.47. The molecule has 10 heteroatoms. The number of anilines is 4. The van der Waals surface area contributed by atoms with Crippen molar-refractivity contribution in [2.75, 3.05) is 55.3 Å². The Morgan fingerprint density at radius 1 is 1.18 bits per heavy atom. The standard InChI is InChI=1S/C23H28N8O2/c1-2-19(32)30-9-3-4-18(14-30)31-15-25-20-21(24)27-23(28-22(20)31)26-16-5-7-17(8-6-16)29-10-12-33-13-11-29/h2,5-8,15,18H,1,3-4,9-14H2,(H3,24,26,27,28). The number of imidazole rings is 1. The molecule has 0 spiro atoms. The molecule has 33 heavy (non-hydrogen) atoms. The Labute approximate surface area is 192 Å². The van der Waals surface area contributed by atoms with Crippen LogP contribution in [0.1, 0.15) is 18.9 Å². The van der Waals surface area contributed by atoms with Crippen molar-refractivity contribution in [1.82, 2.24) is 24.4 Å². The fourth-order valence-electron chi connectivity index (χ4n) is 4.48. The number of rotatable bonds is 5. The largest absolute Gasteiger partial charge is 0.382 e. The number of nitrogens with zero attached hydrogens (tertiary/aromatic N) is 6. The molecule has 2 fully saturated rings. The van der Waals surface area contributed by atoms with E-state index in [0.717, 1.165) is 57.1 Å². The summed E-state index contributed by atoms with van der Waals surface area (Å²) in [6, 6.07) is 8.24. The Morgan fingerprint density at radius 3 is 2.73 bits per heavy atom. The molecule has 10 nitrogen and oxygen atoms in total. The van der Waals surface area contributed by atoms with Gasteiger partial charge >= 0.3 is 0 Å². The van der Waals surface area contributed by atoms with Crippen LogP contribution in [-0.2, 0) is 9.53 Å². The summed E-state index contributed by atoms with van der Waals surface area (Å²) < 4.78 is 7.43. The minimum Gasteiger partial charge on any atom is -0.382 e. The van der Waals surface area contributed by atoms with Gasteiger partial charge in [0.25, 0.3) is 0 Å². The van der Waals surface area contributed by atoms with Crippen LogP contribution in [0.4, 0.5) is 23.1 Å². The van der Waals surface area contributed by atoms with Gasteiger partial charge in [-0.15, -0.1) is 0 Å². The molecule has 2 aliphatic rings. The van der Waals surface area contributed by atoms with Gasteiger partial charge in [-0.3, -0.25) is 4.79 Å². The van der Waals surface area contributed by atoms with E-state index < -0.39 is 0 Å². The van der Waals surface area contributed by atoms with Gasteiger partial charge in [-0.05, 0) is 43.2 Å². The molecule has 5 rings (SSSR count). The van der Waals surface area contributed by atoms with Crippen LogP contribution in [0, 0.1) is 0 Å². The number of carbonyl (C=O) groups is 1. The second-order valence-electron chi connectivity index (χ2n) is 8.31. The molecular formula is C23H28N8O2. The number of morpholine rings is 1. The van der Waals surface area contributed by atoms with Crippen LogP contribution in [0.5, 0.6) is 0 Å². The number of likely N-dealkylation sites (tertiary alicyclic amines) is 1. The van der Waals surface area contributed by atoms with Gasteiger partial charge in [0, 0.05) is 37.6 Å². The van der Waals surface area contributed by atoms with Gasteiger partial charge < -0.3 is 30.2 Å². The summed E-state index contributed by atoms with van der Waals surface area (Å²) in [5.74, 6) is 0.679. The van der Waals surface area contributed by atoms with Crippen molar-refractivity contribution in [3.63, 3.8) is 0 Å². The lowest BCUT2D eigenvalue weighted by Gasteiger charge is -2.32. The summed E-state index contributed by atoms with van der Waals surface area (Å²) in [4.78, 5) is 29.8. The van der Waals surface area contributed by atoms with E-state index in [1.807, 2.05) is 21.6 Å². The van der Waals surface area contributed by atoms with Crippen LogP contribution in [0.2, 0.25) is 0 Å². The van der Waals surface area contributed by atoms with Crippen molar-refractivity contribution >= 4 is 40.2 Å². The third-order valence-corrected chi connectivity index (χ3v) is 6.22. The first-order chi connectivity index (χ1) is 16.1. The number of ether oxygens (including phenoxy) is 1. The Bertz CT molecular complexity index is 1150. The van der Waals surface area contributed by atoms with Crippen molar-refractivity contribution in [3.05, 3.63) is 43.2 Å². The van der Waals surface area contributed by atoms with Crippen LogP contribution in [0.15, 0.2) is 43.2 Å². The fourth-order valence-corrected chi connectivity index (χ4v) is 4.48. The molecule has 1 amide bonds. The van der Waals surface area contributed by atoms with Gasteiger partial charge in [0.15, 0.2) is 11.5 Å². The number of carbonyl (C=O) groups excluding carboxylic acids is 1. The van der Waals surface area contributed by atoms with Gasteiger partial charge in [0.2, 0.25) is 11.9 Å².